The summed E-state index contributed by atoms with van der Waals surface area (Å²) in [6, 6.07) is 20.5. The number of rotatable bonds is 8. The molecule has 1 aliphatic carbocycles. The summed E-state index contributed by atoms with van der Waals surface area (Å²) in [5, 5.41) is 4.11. The van der Waals surface area contributed by atoms with E-state index in [1.807, 2.05) is 60.5 Å². The van der Waals surface area contributed by atoms with Crippen LogP contribution in [0.25, 0.3) is 11.6 Å². The van der Waals surface area contributed by atoms with E-state index in [1.54, 1.807) is 0 Å². The lowest BCUT2D eigenvalue weighted by molar-refractivity contribution is 0.104. The van der Waals surface area contributed by atoms with Gasteiger partial charge in [0.05, 0.1) is 13.2 Å². The van der Waals surface area contributed by atoms with Crippen molar-refractivity contribution >= 4 is 23.6 Å². The Labute approximate surface area is 202 Å². The van der Waals surface area contributed by atoms with E-state index in [1.165, 1.54) is 5.56 Å². The Bertz CT molecular complexity index is 1290. The summed E-state index contributed by atoms with van der Waals surface area (Å²) < 4.78 is 11.5. The van der Waals surface area contributed by atoms with Crippen molar-refractivity contribution in [2.24, 2.45) is 17.8 Å². The smallest absolute Gasteiger partial charge is 0.324 e. The lowest BCUT2D eigenvalue weighted by Gasteiger charge is -2.17. The van der Waals surface area contributed by atoms with Crippen molar-refractivity contribution in [1.82, 2.24) is 25.1 Å². The number of benzene rings is 2. The zero-order valence-corrected chi connectivity index (χ0v) is 19.4. The molecule has 0 radical (unpaired) electrons. The van der Waals surface area contributed by atoms with Gasteiger partial charge in [-0.1, -0.05) is 53.7 Å². The predicted octanol–water partition coefficient (Wildman–Crippen LogP) is 3.17. The molecular formula is C25H26N8O2. The largest absolute Gasteiger partial charge is 0.376 e. The number of para-hydroxylation sites is 1. The fourth-order valence-corrected chi connectivity index (χ4v) is 4.77. The molecule has 0 spiro atoms. The van der Waals surface area contributed by atoms with Gasteiger partial charge in [0.2, 0.25) is 23.5 Å². The summed E-state index contributed by atoms with van der Waals surface area (Å²) in [6.07, 6.45) is 0. The van der Waals surface area contributed by atoms with Crippen molar-refractivity contribution in [3.63, 3.8) is 0 Å². The minimum Gasteiger partial charge on any atom is -0.376 e. The van der Waals surface area contributed by atoms with Gasteiger partial charge in [0.25, 0.3) is 0 Å². The Hall–Kier alpha value is -4.05. The van der Waals surface area contributed by atoms with Gasteiger partial charge >= 0.3 is 6.01 Å². The number of hydrogen-bond donors (Lipinski definition) is 1. The van der Waals surface area contributed by atoms with Crippen LogP contribution in [-0.2, 0) is 11.3 Å². The standard InChI is InChI=1S/C25H26N8O2/c1-32(17-10-6-3-7-11-17)24-28-21(27-23(26)30-24)22-29-25(35-31-22)33-12-18-19(13-33)20(18)15-34-14-16-8-4-2-5-9-16/h2-11,18-20H,12-15H2,1H3,(H2,26,27,28,30)/t18-,19+,20+. The molecule has 2 N–H and O–H groups in total. The van der Waals surface area contributed by atoms with Gasteiger partial charge in [-0.05, 0) is 35.4 Å². The van der Waals surface area contributed by atoms with E-state index in [-0.39, 0.29) is 11.8 Å². The molecule has 6 rings (SSSR count). The second-order valence-corrected chi connectivity index (χ2v) is 9.01. The Morgan fingerprint density at radius 3 is 2.40 bits per heavy atom. The predicted molar refractivity (Wildman–Crippen MR) is 131 cm³/mol. The average Bonchev–Trinajstić information content (AvgIpc) is 3.26. The number of aromatic nitrogens is 5. The average molecular weight is 471 g/mol. The van der Waals surface area contributed by atoms with Crippen LogP contribution < -0.4 is 15.5 Å². The fraction of sp³-hybridized carbons (Fsp3) is 0.320. The third-order valence-corrected chi connectivity index (χ3v) is 6.76. The first-order valence-electron chi connectivity index (χ1n) is 11.7. The molecule has 1 saturated heterocycles. The van der Waals surface area contributed by atoms with E-state index < -0.39 is 0 Å². The first-order chi connectivity index (χ1) is 17.2. The van der Waals surface area contributed by atoms with Crippen molar-refractivity contribution in [2.45, 2.75) is 6.61 Å². The minimum absolute atomic E-state index is 0.0971. The summed E-state index contributed by atoms with van der Waals surface area (Å²) in [6.45, 7) is 3.21. The van der Waals surface area contributed by atoms with Crippen molar-refractivity contribution in [3.8, 4) is 11.6 Å². The highest BCUT2D eigenvalue weighted by Crippen LogP contribution is 2.52. The van der Waals surface area contributed by atoms with E-state index in [0.717, 1.165) is 25.4 Å². The molecule has 2 fully saturated rings. The van der Waals surface area contributed by atoms with Crippen LogP contribution in [0.5, 0.6) is 0 Å². The maximum Gasteiger partial charge on any atom is 0.324 e. The van der Waals surface area contributed by atoms with Gasteiger partial charge in [-0.2, -0.15) is 19.9 Å². The number of piperidine rings is 1. The molecule has 10 nitrogen and oxygen atoms in total. The molecule has 1 aliphatic heterocycles. The summed E-state index contributed by atoms with van der Waals surface area (Å²) in [4.78, 5) is 21.5. The maximum atomic E-state index is 5.96. The highest BCUT2D eigenvalue weighted by molar-refractivity contribution is 5.59. The lowest BCUT2D eigenvalue weighted by atomic mass is 10.2. The third-order valence-electron chi connectivity index (χ3n) is 6.76. The van der Waals surface area contributed by atoms with Gasteiger partial charge in [-0.3, -0.25) is 0 Å². The zero-order valence-electron chi connectivity index (χ0n) is 19.4. The molecule has 35 heavy (non-hydrogen) atoms. The number of nitrogens with zero attached hydrogens (tertiary/aromatic N) is 7. The zero-order chi connectivity index (χ0) is 23.8. The van der Waals surface area contributed by atoms with Crippen LogP contribution in [0.15, 0.2) is 65.2 Å². The molecule has 0 unspecified atom stereocenters. The number of ether oxygens (including phenoxy) is 1. The number of nitrogen functional groups attached to an aromatic ring is 1. The summed E-state index contributed by atoms with van der Waals surface area (Å²) in [5.41, 5.74) is 8.09. The van der Waals surface area contributed by atoms with E-state index in [9.17, 15) is 0 Å². The van der Waals surface area contributed by atoms with Crippen LogP contribution >= 0.6 is 0 Å². The molecule has 178 valence electrons. The van der Waals surface area contributed by atoms with Crippen molar-refractivity contribution in [2.75, 3.05) is 42.3 Å². The SMILES string of the molecule is CN(c1ccccc1)c1nc(N)nc(-c2noc(N3C[C@@H]4[C@@H](COCc5ccccc5)[C@@H]4C3)n2)n1. The molecule has 2 aromatic heterocycles. The van der Waals surface area contributed by atoms with E-state index in [0.29, 0.717) is 42.1 Å². The van der Waals surface area contributed by atoms with Crippen LogP contribution in [0.2, 0.25) is 0 Å². The number of hydrogen-bond acceptors (Lipinski definition) is 10. The molecule has 3 heterocycles. The van der Waals surface area contributed by atoms with Gasteiger partial charge in [0, 0.05) is 25.8 Å². The fourth-order valence-electron chi connectivity index (χ4n) is 4.77. The lowest BCUT2D eigenvalue weighted by Crippen LogP contribution is -2.25. The molecule has 0 amide bonds. The highest BCUT2D eigenvalue weighted by Gasteiger charge is 2.56. The quantitative estimate of drug-likeness (QED) is 0.411. The number of nitrogens with two attached hydrogens (primary N) is 1. The summed E-state index contributed by atoms with van der Waals surface area (Å²) in [5.74, 6) is 2.87. The van der Waals surface area contributed by atoms with E-state index >= 15 is 0 Å². The van der Waals surface area contributed by atoms with E-state index in [4.69, 9.17) is 15.0 Å². The topological polar surface area (TPSA) is 119 Å². The molecule has 0 bridgehead atoms. The monoisotopic (exact) mass is 470 g/mol. The van der Waals surface area contributed by atoms with Crippen LogP contribution in [0, 0.1) is 17.8 Å². The Balaban J connectivity index is 1.08. The van der Waals surface area contributed by atoms with Gasteiger partial charge < -0.3 is 24.8 Å². The van der Waals surface area contributed by atoms with Gasteiger partial charge in [-0.15, -0.1) is 0 Å². The van der Waals surface area contributed by atoms with E-state index in [2.05, 4.69) is 42.1 Å². The van der Waals surface area contributed by atoms with Crippen LogP contribution in [0.3, 0.4) is 0 Å². The maximum absolute atomic E-state index is 5.96. The Kier molecular flexibility index (Phi) is 5.49. The van der Waals surface area contributed by atoms with Gasteiger partial charge in [-0.25, -0.2) is 0 Å². The van der Waals surface area contributed by atoms with Crippen LogP contribution in [0.1, 0.15) is 5.56 Å². The molecule has 10 heteroatoms. The van der Waals surface area contributed by atoms with Gasteiger partial charge in [0.15, 0.2) is 0 Å². The summed E-state index contributed by atoms with van der Waals surface area (Å²) in [7, 11) is 1.87. The molecule has 2 aromatic carbocycles. The normalized spacial score (nSPS) is 20.6. The molecule has 2 aliphatic rings. The Morgan fingerprint density at radius 1 is 0.943 bits per heavy atom. The molecule has 3 atom stereocenters. The number of anilines is 4. The summed E-state index contributed by atoms with van der Waals surface area (Å²) >= 11 is 0. The second kappa shape index (κ2) is 8.95. The molecular weight excluding hydrogens is 444 g/mol. The highest BCUT2D eigenvalue weighted by atomic mass is 16.5. The van der Waals surface area contributed by atoms with Crippen LogP contribution in [0.4, 0.5) is 23.6 Å². The van der Waals surface area contributed by atoms with Crippen molar-refractivity contribution < 1.29 is 9.26 Å². The minimum atomic E-state index is 0.0971. The second-order valence-electron chi connectivity index (χ2n) is 9.01. The van der Waals surface area contributed by atoms with Crippen molar-refractivity contribution in [1.29, 1.82) is 0 Å². The first-order valence-corrected chi connectivity index (χ1v) is 11.7. The third kappa shape index (κ3) is 4.40. The first kappa shape index (κ1) is 21.5. The van der Waals surface area contributed by atoms with Gasteiger partial charge in [0.1, 0.15) is 0 Å². The van der Waals surface area contributed by atoms with Crippen molar-refractivity contribution in [3.05, 3.63) is 66.2 Å². The number of fused-ring (bicyclic) bond motifs is 1. The van der Waals surface area contributed by atoms with Crippen LogP contribution in [-0.4, -0.2) is 51.8 Å². The Morgan fingerprint density at radius 2 is 1.66 bits per heavy atom. The molecule has 4 aromatic rings. The molecule has 1 saturated carbocycles.